The number of nitrogens with zero attached hydrogens (tertiary/aromatic N) is 3. The normalized spacial score (nSPS) is 12.6. The van der Waals surface area contributed by atoms with Crippen LogP contribution < -0.4 is 5.73 Å². The van der Waals surface area contributed by atoms with Crippen molar-refractivity contribution in [2.24, 2.45) is 7.05 Å². The lowest BCUT2D eigenvalue weighted by Gasteiger charge is -2.03. The SMILES string of the molecule is Cn1cc(CS(=O)c2ccc(F)cc2N)nn1. The number of nitrogens with two attached hydrogens (primary N) is 1. The van der Waals surface area contributed by atoms with Crippen LogP contribution in [0.2, 0.25) is 0 Å². The van der Waals surface area contributed by atoms with Crippen molar-refractivity contribution in [2.45, 2.75) is 10.6 Å². The van der Waals surface area contributed by atoms with E-state index < -0.39 is 16.6 Å². The van der Waals surface area contributed by atoms with Crippen LogP contribution in [-0.2, 0) is 23.6 Å². The summed E-state index contributed by atoms with van der Waals surface area (Å²) in [5.41, 5.74) is 6.40. The third-order valence-corrected chi connectivity index (χ3v) is 3.57. The van der Waals surface area contributed by atoms with E-state index in [2.05, 4.69) is 10.3 Å². The summed E-state index contributed by atoms with van der Waals surface area (Å²) in [6.45, 7) is 0. The van der Waals surface area contributed by atoms with Crippen molar-refractivity contribution in [3.05, 3.63) is 35.9 Å². The van der Waals surface area contributed by atoms with Crippen LogP contribution in [0.25, 0.3) is 0 Å². The predicted molar refractivity (Wildman–Crippen MR) is 61.9 cm³/mol. The van der Waals surface area contributed by atoms with E-state index >= 15 is 0 Å². The molecule has 0 aliphatic carbocycles. The Morgan fingerprint density at radius 3 is 2.88 bits per heavy atom. The molecule has 90 valence electrons. The van der Waals surface area contributed by atoms with Gasteiger partial charge in [0.2, 0.25) is 0 Å². The molecule has 2 rings (SSSR count). The number of benzene rings is 1. The predicted octanol–water partition coefficient (Wildman–Crippen LogP) is 0.844. The first kappa shape index (κ1) is 11.7. The summed E-state index contributed by atoms with van der Waals surface area (Å²) in [6, 6.07) is 3.82. The molecule has 0 spiro atoms. The molecule has 0 radical (unpaired) electrons. The van der Waals surface area contributed by atoms with E-state index in [9.17, 15) is 8.60 Å². The van der Waals surface area contributed by atoms with Gasteiger partial charge in [-0.05, 0) is 18.2 Å². The molecule has 0 saturated heterocycles. The van der Waals surface area contributed by atoms with Crippen LogP contribution in [0, 0.1) is 5.82 Å². The Morgan fingerprint density at radius 2 is 2.29 bits per heavy atom. The minimum atomic E-state index is -1.35. The Labute approximate surface area is 99.9 Å². The van der Waals surface area contributed by atoms with Crippen molar-refractivity contribution in [3.8, 4) is 0 Å². The van der Waals surface area contributed by atoms with Gasteiger partial charge in [0.15, 0.2) is 0 Å². The van der Waals surface area contributed by atoms with E-state index in [1.54, 1.807) is 13.2 Å². The van der Waals surface area contributed by atoms with Gasteiger partial charge in [-0.15, -0.1) is 5.10 Å². The highest BCUT2D eigenvalue weighted by molar-refractivity contribution is 7.84. The average Bonchev–Trinajstić information content (AvgIpc) is 2.63. The molecule has 0 bridgehead atoms. The fourth-order valence-electron chi connectivity index (χ4n) is 1.40. The van der Waals surface area contributed by atoms with Crippen LogP contribution in [-0.4, -0.2) is 19.2 Å². The van der Waals surface area contributed by atoms with Gasteiger partial charge >= 0.3 is 0 Å². The molecule has 1 heterocycles. The molecule has 0 saturated carbocycles. The Morgan fingerprint density at radius 1 is 1.53 bits per heavy atom. The Bertz CT molecular complexity index is 569. The van der Waals surface area contributed by atoms with E-state index in [4.69, 9.17) is 5.73 Å². The van der Waals surface area contributed by atoms with Crippen molar-refractivity contribution < 1.29 is 8.60 Å². The van der Waals surface area contributed by atoms with E-state index in [0.717, 1.165) is 6.07 Å². The highest BCUT2D eigenvalue weighted by Gasteiger charge is 2.11. The standard InChI is InChI=1S/C10H11FN4OS/c1-15-5-8(13-14-15)6-17(16)10-3-2-7(11)4-9(10)12/h2-5H,6,12H2,1H3. The van der Waals surface area contributed by atoms with Gasteiger partial charge < -0.3 is 5.73 Å². The maximum absolute atomic E-state index is 12.8. The van der Waals surface area contributed by atoms with Crippen LogP contribution in [0.15, 0.2) is 29.3 Å². The van der Waals surface area contributed by atoms with Gasteiger partial charge in [0.25, 0.3) is 0 Å². The molecule has 7 heteroatoms. The van der Waals surface area contributed by atoms with Crippen LogP contribution in [0.1, 0.15) is 5.69 Å². The molecule has 1 aromatic heterocycles. The zero-order valence-electron chi connectivity index (χ0n) is 9.13. The zero-order chi connectivity index (χ0) is 12.4. The zero-order valence-corrected chi connectivity index (χ0v) is 9.95. The number of hydrogen-bond donors (Lipinski definition) is 1. The Hall–Kier alpha value is -1.76. The van der Waals surface area contributed by atoms with Gasteiger partial charge in [0, 0.05) is 13.2 Å². The summed E-state index contributed by atoms with van der Waals surface area (Å²) in [4.78, 5) is 0.414. The molecule has 1 atom stereocenters. The van der Waals surface area contributed by atoms with Crippen LogP contribution in [0.5, 0.6) is 0 Å². The summed E-state index contributed by atoms with van der Waals surface area (Å²) >= 11 is 0. The lowest BCUT2D eigenvalue weighted by Crippen LogP contribution is -2.01. The third kappa shape index (κ3) is 2.68. The molecule has 5 nitrogen and oxygen atoms in total. The number of aromatic nitrogens is 3. The van der Waals surface area contributed by atoms with Gasteiger partial charge in [-0.3, -0.25) is 8.89 Å². The smallest absolute Gasteiger partial charge is 0.125 e. The van der Waals surface area contributed by atoms with Crippen molar-refractivity contribution in [3.63, 3.8) is 0 Å². The second-order valence-corrected chi connectivity index (χ2v) is 4.98. The number of aryl methyl sites for hydroxylation is 1. The van der Waals surface area contributed by atoms with Crippen molar-refractivity contribution >= 4 is 16.5 Å². The molecule has 2 aromatic rings. The number of rotatable bonds is 3. The highest BCUT2D eigenvalue weighted by Crippen LogP contribution is 2.19. The monoisotopic (exact) mass is 254 g/mol. The van der Waals surface area contributed by atoms with E-state index in [1.807, 2.05) is 0 Å². The molecule has 0 amide bonds. The first-order valence-corrected chi connectivity index (χ1v) is 6.17. The molecular formula is C10H11FN4OS. The van der Waals surface area contributed by atoms with Gasteiger partial charge in [-0.1, -0.05) is 5.21 Å². The molecule has 0 aliphatic heterocycles. The quantitative estimate of drug-likeness (QED) is 0.824. The molecule has 0 fully saturated rings. The van der Waals surface area contributed by atoms with Crippen molar-refractivity contribution in [2.75, 3.05) is 5.73 Å². The summed E-state index contributed by atoms with van der Waals surface area (Å²) in [5.74, 6) is -0.230. The third-order valence-electron chi connectivity index (χ3n) is 2.15. The lowest BCUT2D eigenvalue weighted by molar-refractivity contribution is 0.627. The molecule has 1 aromatic carbocycles. The summed E-state index contributed by atoms with van der Waals surface area (Å²) in [7, 11) is 0.379. The minimum Gasteiger partial charge on any atom is -0.398 e. The maximum atomic E-state index is 12.8. The highest BCUT2D eigenvalue weighted by atomic mass is 32.2. The first-order valence-electron chi connectivity index (χ1n) is 4.85. The van der Waals surface area contributed by atoms with Crippen LogP contribution in [0.3, 0.4) is 0 Å². The molecule has 1 unspecified atom stereocenters. The minimum absolute atomic E-state index is 0.187. The second-order valence-electron chi connectivity index (χ2n) is 3.56. The first-order chi connectivity index (χ1) is 8.06. The second kappa shape index (κ2) is 4.62. The maximum Gasteiger partial charge on any atom is 0.125 e. The van der Waals surface area contributed by atoms with Crippen molar-refractivity contribution in [1.29, 1.82) is 0 Å². The van der Waals surface area contributed by atoms with Crippen molar-refractivity contribution in [1.82, 2.24) is 15.0 Å². The Kier molecular flexibility index (Phi) is 3.19. The molecular weight excluding hydrogens is 243 g/mol. The largest absolute Gasteiger partial charge is 0.398 e. The van der Waals surface area contributed by atoms with Crippen LogP contribution in [0.4, 0.5) is 10.1 Å². The number of anilines is 1. The number of halogens is 1. The fraction of sp³-hybridized carbons (Fsp3) is 0.200. The van der Waals surface area contributed by atoms with Gasteiger partial charge in [0.05, 0.1) is 32.8 Å². The molecule has 17 heavy (non-hydrogen) atoms. The fourth-order valence-corrected chi connectivity index (χ4v) is 2.50. The summed E-state index contributed by atoms with van der Waals surface area (Å²) < 4.78 is 26.4. The van der Waals surface area contributed by atoms with E-state index in [-0.39, 0.29) is 11.4 Å². The molecule has 0 aliphatic rings. The lowest BCUT2D eigenvalue weighted by atomic mass is 10.3. The topological polar surface area (TPSA) is 73.8 Å². The summed E-state index contributed by atoms with van der Waals surface area (Å²) in [5, 5.41) is 7.57. The average molecular weight is 254 g/mol. The summed E-state index contributed by atoms with van der Waals surface area (Å²) in [6.07, 6.45) is 1.68. The van der Waals surface area contributed by atoms with Crippen LogP contribution >= 0.6 is 0 Å². The van der Waals surface area contributed by atoms with Gasteiger partial charge in [0.1, 0.15) is 5.82 Å². The number of hydrogen-bond acceptors (Lipinski definition) is 4. The number of nitrogen functional groups attached to an aromatic ring is 1. The van der Waals surface area contributed by atoms with Gasteiger partial charge in [-0.2, -0.15) is 0 Å². The Balaban J connectivity index is 2.20. The van der Waals surface area contributed by atoms with E-state index in [1.165, 1.54) is 16.8 Å². The van der Waals surface area contributed by atoms with E-state index in [0.29, 0.717) is 10.6 Å². The van der Waals surface area contributed by atoms with Gasteiger partial charge in [-0.25, -0.2) is 4.39 Å². The molecule has 2 N–H and O–H groups in total.